The maximum absolute atomic E-state index is 10.8. The number of unbranched alkanes of at least 4 members (excludes halogenated alkanes) is 8. The summed E-state index contributed by atoms with van der Waals surface area (Å²) in [5.74, 6) is -0.717. The van der Waals surface area contributed by atoms with Gasteiger partial charge >= 0.3 is 35.5 Å². The fourth-order valence-corrected chi connectivity index (χ4v) is 2.96. The maximum atomic E-state index is 10.8. The van der Waals surface area contributed by atoms with Crippen LogP contribution in [0.15, 0.2) is 0 Å². The number of carboxylic acids is 1. The van der Waals surface area contributed by atoms with Gasteiger partial charge in [-0.1, -0.05) is 64.7 Å². The SMILES string of the molecule is CCCCCCCCCCCC1NCCN1CC(=O)O.CCO.[NaH]. The van der Waals surface area contributed by atoms with Gasteiger partial charge in [0, 0.05) is 19.7 Å². The van der Waals surface area contributed by atoms with Crippen molar-refractivity contribution in [2.45, 2.75) is 84.2 Å². The molecule has 0 aromatic rings. The summed E-state index contributed by atoms with van der Waals surface area (Å²) in [6.45, 7) is 6.16. The molecule has 1 fully saturated rings. The van der Waals surface area contributed by atoms with E-state index in [2.05, 4.69) is 12.2 Å². The van der Waals surface area contributed by atoms with Crippen molar-refractivity contribution in [2.24, 2.45) is 0 Å². The Morgan fingerprint density at radius 1 is 1.04 bits per heavy atom. The van der Waals surface area contributed by atoms with E-state index in [0.717, 1.165) is 19.5 Å². The molecule has 0 aromatic heterocycles. The number of carbonyl (C=O) groups is 1. The molecule has 0 radical (unpaired) electrons. The van der Waals surface area contributed by atoms with Crippen LogP contribution in [0, 0.1) is 0 Å². The Morgan fingerprint density at radius 2 is 1.54 bits per heavy atom. The van der Waals surface area contributed by atoms with Crippen LogP contribution in [0.25, 0.3) is 0 Å². The van der Waals surface area contributed by atoms with E-state index in [1.807, 2.05) is 4.90 Å². The van der Waals surface area contributed by atoms with Crippen LogP contribution in [0.2, 0.25) is 0 Å². The predicted octanol–water partition coefficient (Wildman–Crippen LogP) is 2.57. The van der Waals surface area contributed by atoms with Crippen molar-refractivity contribution in [1.29, 1.82) is 0 Å². The van der Waals surface area contributed by atoms with Gasteiger partial charge in [-0.3, -0.25) is 9.69 Å². The topological polar surface area (TPSA) is 72.8 Å². The molecule has 1 atom stereocenters. The first kappa shape index (κ1) is 26.6. The van der Waals surface area contributed by atoms with Crippen LogP contribution in [0.4, 0.5) is 0 Å². The van der Waals surface area contributed by atoms with Gasteiger partial charge in [-0.05, 0) is 13.3 Å². The molecule has 1 heterocycles. The second-order valence-electron chi connectivity index (χ2n) is 6.27. The number of carboxylic acid groups (broad SMARTS) is 1. The number of aliphatic carboxylic acids is 1. The Labute approximate surface area is 170 Å². The molecule has 0 spiro atoms. The summed E-state index contributed by atoms with van der Waals surface area (Å²) in [5.41, 5.74) is 0. The second kappa shape index (κ2) is 19.7. The minimum absolute atomic E-state index is 0. The third kappa shape index (κ3) is 15.9. The number of hydrogen-bond donors (Lipinski definition) is 3. The van der Waals surface area contributed by atoms with E-state index in [4.69, 9.17) is 10.2 Å². The number of nitrogens with zero attached hydrogens (tertiary/aromatic N) is 1. The Balaban J connectivity index is 0. The van der Waals surface area contributed by atoms with Crippen molar-refractivity contribution in [3.8, 4) is 0 Å². The van der Waals surface area contributed by atoms with Crippen molar-refractivity contribution in [3.63, 3.8) is 0 Å². The average Bonchev–Trinajstić information content (AvgIpc) is 2.93. The van der Waals surface area contributed by atoms with Gasteiger partial charge in [0.25, 0.3) is 0 Å². The van der Waals surface area contributed by atoms with Gasteiger partial charge in [0.2, 0.25) is 0 Å². The van der Waals surface area contributed by atoms with Crippen LogP contribution in [0.5, 0.6) is 0 Å². The summed E-state index contributed by atoms with van der Waals surface area (Å²) in [6, 6.07) is 0. The van der Waals surface area contributed by atoms with Gasteiger partial charge in [0.1, 0.15) is 0 Å². The molecule has 1 aliphatic rings. The van der Waals surface area contributed by atoms with Crippen molar-refractivity contribution in [2.75, 3.05) is 26.2 Å². The summed E-state index contributed by atoms with van der Waals surface area (Å²) in [5, 5.41) is 19.8. The van der Waals surface area contributed by atoms with E-state index in [0.29, 0.717) is 0 Å². The van der Waals surface area contributed by atoms with E-state index in [-0.39, 0.29) is 48.9 Å². The molecular weight excluding hydrogens is 315 g/mol. The monoisotopic (exact) mass is 354 g/mol. The molecule has 1 rings (SSSR count). The van der Waals surface area contributed by atoms with E-state index < -0.39 is 5.97 Å². The Bertz CT molecular complexity index is 281. The van der Waals surface area contributed by atoms with Gasteiger partial charge in [-0.15, -0.1) is 0 Å². The van der Waals surface area contributed by atoms with E-state index in [9.17, 15) is 4.79 Å². The Hall–Kier alpha value is 0.350. The summed E-state index contributed by atoms with van der Waals surface area (Å²) >= 11 is 0. The van der Waals surface area contributed by atoms with Gasteiger partial charge in [-0.25, -0.2) is 0 Å². The van der Waals surface area contributed by atoms with Crippen molar-refractivity contribution in [3.05, 3.63) is 0 Å². The molecule has 0 amide bonds. The van der Waals surface area contributed by atoms with E-state index in [1.54, 1.807) is 6.92 Å². The van der Waals surface area contributed by atoms with Crippen molar-refractivity contribution >= 4 is 35.5 Å². The summed E-state index contributed by atoms with van der Waals surface area (Å²) in [7, 11) is 0. The number of rotatable bonds is 12. The van der Waals surface area contributed by atoms with Gasteiger partial charge in [0.05, 0.1) is 12.7 Å². The summed E-state index contributed by atoms with van der Waals surface area (Å²) in [4.78, 5) is 12.8. The fourth-order valence-electron chi connectivity index (χ4n) is 2.96. The first-order valence-electron chi connectivity index (χ1n) is 9.45. The fraction of sp³-hybridized carbons (Fsp3) is 0.944. The van der Waals surface area contributed by atoms with Crippen LogP contribution in [0.1, 0.15) is 78.1 Å². The first-order chi connectivity index (χ1) is 11.2. The molecule has 5 nitrogen and oxygen atoms in total. The van der Waals surface area contributed by atoms with Crippen molar-refractivity contribution in [1.82, 2.24) is 10.2 Å². The zero-order chi connectivity index (χ0) is 17.3. The number of hydrogen-bond acceptors (Lipinski definition) is 4. The predicted molar refractivity (Wildman–Crippen MR) is 103 cm³/mol. The quantitative estimate of drug-likeness (QED) is 0.371. The molecule has 1 aliphatic heterocycles. The number of aliphatic hydroxyl groups is 1. The van der Waals surface area contributed by atoms with Gasteiger partial charge in [0.15, 0.2) is 0 Å². The zero-order valence-electron chi connectivity index (χ0n) is 15.2. The molecule has 0 aromatic carbocycles. The molecule has 140 valence electrons. The summed E-state index contributed by atoms with van der Waals surface area (Å²) < 4.78 is 0. The molecule has 0 bridgehead atoms. The second-order valence-corrected chi connectivity index (χ2v) is 6.27. The normalized spacial score (nSPS) is 17.0. The molecule has 6 heteroatoms. The van der Waals surface area contributed by atoms with Crippen LogP contribution in [0.3, 0.4) is 0 Å². The minimum atomic E-state index is -0.717. The van der Waals surface area contributed by atoms with Crippen LogP contribution in [-0.4, -0.2) is 83.0 Å². The first-order valence-corrected chi connectivity index (χ1v) is 9.45. The molecule has 3 N–H and O–H groups in total. The van der Waals surface area contributed by atoms with Crippen LogP contribution >= 0.6 is 0 Å². The van der Waals surface area contributed by atoms with Gasteiger partial charge < -0.3 is 15.5 Å². The molecule has 1 unspecified atom stereocenters. The number of aliphatic hydroxyl groups excluding tert-OH is 1. The molecule has 1 saturated heterocycles. The Kier molecular flexibility index (Phi) is 21.8. The molecule has 0 saturated carbocycles. The molecule has 0 aliphatic carbocycles. The Morgan fingerprint density at radius 3 is 2.04 bits per heavy atom. The van der Waals surface area contributed by atoms with Crippen molar-refractivity contribution < 1.29 is 15.0 Å². The van der Waals surface area contributed by atoms with Crippen LogP contribution < -0.4 is 5.32 Å². The third-order valence-corrected chi connectivity index (χ3v) is 4.14. The number of nitrogens with one attached hydrogen (secondary N) is 1. The molecule has 24 heavy (non-hydrogen) atoms. The third-order valence-electron chi connectivity index (χ3n) is 4.14. The van der Waals surface area contributed by atoms with E-state index in [1.165, 1.54) is 57.8 Å². The van der Waals surface area contributed by atoms with Gasteiger partial charge in [-0.2, -0.15) is 0 Å². The zero-order valence-corrected chi connectivity index (χ0v) is 15.2. The van der Waals surface area contributed by atoms with E-state index >= 15 is 0 Å². The standard InChI is InChI=1S/C16H32N2O2.C2H6O.Na.H/c1-2-3-4-5-6-7-8-9-10-11-15-17-12-13-18(15)14-16(19)20;1-2-3;;/h15,17H,2-14H2,1H3,(H,19,20);3H,2H2,1H3;;. The van der Waals surface area contributed by atoms with Crippen LogP contribution in [-0.2, 0) is 4.79 Å². The molecular formula is C18H39N2NaO3. The average molecular weight is 355 g/mol. The summed E-state index contributed by atoms with van der Waals surface area (Å²) in [6.07, 6.45) is 13.4.